The first kappa shape index (κ1) is 18.8. The number of ketones is 1. The van der Waals surface area contributed by atoms with Gasteiger partial charge in [-0.25, -0.2) is 0 Å². The van der Waals surface area contributed by atoms with Crippen molar-refractivity contribution in [1.82, 2.24) is 9.78 Å². The highest BCUT2D eigenvalue weighted by molar-refractivity contribution is 8.00. The smallest absolute Gasteiger partial charge is 0.277 e. The van der Waals surface area contributed by atoms with Crippen molar-refractivity contribution < 1.29 is 4.79 Å². The fourth-order valence-corrected chi connectivity index (χ4v) is 7.53. The van der Waals surface area contributed by atoms with Gasteiger partial charge in [-0.3, -0.25) is 19.4 Å². The molecule has 0 spiro atoms. The van der Waals surface area contributed by atoms with Gasteiger partial charge >= 0.3 is 0 Å². The lowest BCUT2D eigenvalue weighted by Crippen LogP contribution is -2.51. The number of hydrogen-bond acceptors (Lipinski definition) is 3. The van der Waals surface area contributed by atoms with Crippen LogP contribution in [0.15, 0.2) is 4.79 Å². The molecule has 5 unspecified atom stereocenters. The Morgan fingerprint density at radius 2 is 2.04 bits per heavy atom. The molecule has 1 aliphatic carbocycles. The Hall–Kier alpha value is -0.970. The number of fused-ring (bicyclic) bond motifs is 1. The van der Waals surface area contributed by atoms with Gasteiger partial charge in [0.2, 0.25) is 0 Å². The van der Waals surface area contributed by atoms with Crippen molar-refractivity contribution >= 4 is 17.5 Å². The highest BCUT2D eigenvalue weighted by Gasteiger charge is 2.51. The Morgan fingerprint density at radius 1 is 1.36 bits per heavy atom. The maximum absolute atomic E-state index is 13.4. The number of aryl methyl sites for hydroxylation is 2. The van der Waals surface area contributed by atoms with E-state index < -0.39 is 0 Å². The molecule has 5 atom stereocenters. The summed E-state index contributed by atoms with van der Waals surface area (Å²) >= 11 is 2.10. The third-order valence-electron chi connectivity index (χ3n) is 6.74. The van der Waals surface area contributed by atoms with E-state index in [0.29, 0.717) is 35.1 Å². The zero-order valence-corrected chi connectivity index (χ0v) is 17.2. The topological polar surface area (TPSA) is 54.9 Å². The van der Waals surface area contributed by atoms with Crippen molar-refractivity contribution in [2.75, 3.05) is 5.75 Å². The molecular weight excluding hydrogens is 332 g/mol. The molecule has 25 heavy (non-hydrogen) atoms. The average Bonchev–Trinajstić information content (AvgIpc) is 2.83. The molecule has 1 aromatic rings. The first-order chi connectivity index (χ1) is 11.7. The quantitative estimate of drug-likeness (QED) is 0.821. The molecule has 1 aromatic heterocycles. The van der Waals surface area contributed by atoms with Crippen molar-refractivity contribution in [3.8, 4) is 0 Å². The van der Waals surface area contributed by atoms with Gasteiger partial charge in [0.15, 0.2) is 5.78 Å². The van der Waals surface area contributed by atoms with E-state index >= 15 is 0 Å². The van der Waals surface area contributed by atoms with E-state index in [-0.39, 0.29) is 22.7 Å². The fourth-order valence-electron chi connectivity index (χ4n) is 5.35. The first-order valence-corrected chi connectivity index (χ1v) is 10.7. The molecule has 0 radical (unpaired) electrons. The number of aromatic nitrogens is 2. The van der Waals surface area contributed by atoms with Gasteiger partial charge in [0.1, 0.15) is 5.56 Å². The van der Waals surface area contributed by atoms with E-state index in [4.69, 9.17) is 0 Å². The molecule has 0 amide bonds. The number of H-pyrrole nitrogens is 1. The number of nitrogens with zero attached hydrogens (tertiary/aromatic N) is 1. The number of carbonyl (C=O) groups excluding carboxylic acids is 1. The van der Waals surface area contributed by atoms with Crippen LogP contribution in [-0.2, 0) is 6.54 Å². The van der Waals surface area contributed by atoms with E-state index in [1.54, 1.807) is 4.68 Å². The van der Waals surface area contributed by atoms with Crippen LogP contribution in [0.4, 0.5) is 0 Å². The van der Waals surface area contributed by atoms with Gasteiger partial charge in [-0.05, 0) is 55.6 Å². The van der Waals surface area contributed by atoms with Gasteiger partial charge in [0.25, 0.3) is 5.56 Å². The second-order valence-electron chi connectivity index (χ2n) is 8.80. The van der Waals surface area contributed by atoms with Crippen molar-refractivity contribution in [3.05, 3.63) is 21.6 Å². The van der Waals surface area contributed by atoms with Crippen molar-refractivity contribution in [1.29, 1.82) is 0 Å². The lowest BCUT2D eigenvalue weighted by molar-refractivity contribution is 0.0318. The molecule has 2 fully saturated rings. The summed E-state index contributed by atoms with van der Waals surface area (Å²) in [6.45, 7) is 13.6. The molecule has 3 rings (SSSR count). The number of hydrogen-bond donors (Lipinski definition) is 1. The minimum Gasteiger partial charge on any atom is -0.299 e. The standard InChI is InChI=1S/C20H32N2O2S/c1-7-22-19(24)15(13(4)21-22)17(23)14-10-11(2)18-16(12(14)3)20(5,6)8-9-25-18/h11-12,14,16,18,21H,7-10H2,1-6H3. The third-order valence-corrected chi connectivity index (χ3v) is 8.32. The first-order valence-electron chi connectivity index (χ1n) is 9.64. The Bertz CT molecular complexity index is 718. The van der Waals surface area contributed by atoms with Gasteiger partial charge < -0.3 is 0 Å². The summed E-state index contributed by atoms with van der Waals surface area (Å²) in [7, 11) is 0. The summed E-state index contributed by atoms with van der Waals surface area (Å²) < 4.78 is 1.54. The van der Waals surface area contributed by atoms with Crippen LogP contribution in [0.25, 0.3) is 0 Å². The predicted molar refractivity (Wildman–Crippen MR) is 104 cm³/mol. The number of nitrogens with one attached hydrogen (secondary N) is 1. The minimum absolute atomic E-state index is 0.0401. The van der Waals surface area contributed by atoms with Gasteiger partial charge in [0, 0.05) is 23.4 Å². The Kier molecular flexibility index (Phi) is 5.00. The normalized spacial score (nSPS) is 34.6. The second kappa shape index (κ2) is 6.64. The molecular formula is C20H32N2O2S. The molecule has 1 saturated carbocycles. The van der Waals surface area contributed by atoms with Gasteiger partial charge in [-0.15, -0.1) is 0 Å². The minimum atomic E-state index is -0.149. The molecule has 0 bridgehead atoms. The van der Waals surface area contributed by atoms with Crippen molar-refractivity contribution in [2.45, 2.75) is 66.2 Å². The molecule has 0 aromatic carbocycles. The summed E-state index contributed by atoms with van der Waals surface area (Å²) in [6, 6.07) is 0. The van der Waals surface area contributed by atoms with E-state index in [1.165, 1.54) is 12.2 Å². The molecule has 5 heteroatoms. The van der Waals surface area contributed by atoms with Gasteiger partial charge in [0.05, 0.1) is 0 Å². The van der Waals surface area contributed by atoms with Gasteiger partial charge in [-0.1, -0.05) is 27.7 Å². The zero-order chi connectivity index (χ0) is 18.5. The van der Waals surface area contributed by atoms with Crippen LogP contribution >= 0.6 is 11.8 Å². The van der Waals surface area contributed by atoms with Crippen LogP contribution in [0.2, 0.25) is 0 Å². The Morgan fingerprint density at radius 3 is 2.64 bits per heavy atom. The van der Waals surface area contributed by atoms with Crippen LogP contribution < -0.4 is 5.56 Å². The maximum Gasteiger partial charge on any atom is 0.277 e. The van der Waals surface area contributed by atoms with E-state index in [9.17, 15) is 9.59 Å². The summed E-state index contributed by atoms with van der Waals surface area (Å²) in [5, 5.41) is 3.70. The van der Waals surface area contributed by atoms with Crippen molar-refractivity contribution in [3.63, 3.8) is 0 Å². The fraction of sp³-hybridized carbons (Fsp3) is 0.800. The van der Waals surface area contributed by atoms with Gasteiger partial charge in [-0.2, -0.15) is 11.8 Å². The van der Waals surface area contributed by atoms with Crippen LogP contribution in [-0.4, -0.2) is 26.6 Å². The van der Waals surface area contributed by atoms with E-state index in [0.717, 1.165) is 12.1 Å². The lowest BCUT2D eigenvalue weighted by atomic mass is 9.57. The molecule has 4 nitrogen and oxygen atoms in total. The highest BCUT2D eigenvalue weighted by atomic mass is 32.2. The monoisotopic (exact) mass is 364 g/mol. The maximum atomic E-state index is 13.4. The third kappa shape index (κ3) is 3.02. The van der Waals surface area contributed by atoms with E-state index in [1.807, 2.05) is 13.8 Å². The lowest BCUT2D eigenvalue weighted by Gasteiger charge is -2.54. The number of thioether (sulfide) groups is 1. The molecule has 140 valence electrons. The van der Waals surface area contributed by atoms with Crippen molar-refractivity contribution in [2.24, 2.45) is 29.1 Å². The summed E-state index contributed by atoms with van der Waals surface area (Å²) in [4.78, 5) is 26.0. The van der Waals surface area contributed by atoms with Crippen LogP contribution in [0, 0.1) is 36.0 Å². The Labute approximate surface area is 155 Å². The van der Waals surface area contributed by atoms with Crippen LogP contribution in [0.1, 0.15) is 63.5 Å². The molecule has 2 heterocycles. The predicted octanol–water partition coefficient (Wildman–Crippen LogP) is 4.13. The average molecular weight is 365 g/mol. The molecule has 2 aliphatic rings. The molecule has 1 aliphatic heterocycles. The largest absolute Gasteiger partial charge is 0.299 e. The van der Waals surface area contributed by atoms with Crippen LogP contribution in [0.3, 0.4) is 0 Å². The van der Waals surface area contributed by atoms with E-state index in [2.05, 4.69) is 44.6 Å². The highest BCUT2D eigenvalue weighted by Crippen LogP contribution is 2.56. The number of carbonyl (C=O) groups is 1. The second-order valence-corrected chi connectivity index (χ2v) is 10.1. The number of aromatic amines is 1. The SMILES string of the molecule is CCn1[nH]c(C)c(C(=O)C2CC(C)C3SCCC(C)(C)C3C2C)c1=O. The Balaban J connectivity index is 1.96. The molecule has 1 N–H and O–H groups in total. The summed E-state index contributed by atoms with van der Waals surface area (Å²) in [5.41, 5.74) is 1.23. The summed E-state index contributed by atoms with van der Waals surface area (Å²) in [5.74, 6) is 2.63. The molecule has 1 saturated heterocycles. The van der Waals surface area contributed by atoms with Crippen LogP contribution in [0.5, 0.6) is 0 Å². The number of rotatable bonds is 3. The summed E-state index contributed by atoms with van der Waals surface area (Å²) in [6.07, 6.45) is 2.11. The number of Topliss-reactive ketones (excluding diaryl/α,β-unsaturated/α-hetero) is 1. The zero-order valence-electron chi connectivity index (χ0n) is 16.4.